The Morgan fingerprint density at radius 3 is 2.00 bits per heavy atom. The molecule has 2 rings (SSSR count). The average Bonchev–Trinajstić information content (AvgIpc) is 2.69. The van der Waals surface area contributed by atoms with E-state index >= 15 is 0 Å². The van der Waals surface area contributed by atoms with E-state index in [2.05, 4.69) is 15.3 Å². The Kier molecular flexibility index (Phi) is 14.1. The van der Waals surface area contributed by atoms with Crippen LogP contribution in [0.15, 0.2) is 58.8 Å². The molecule has 0 bridgehead atoms. The molecule has 29 heavy (non-hydrogen) atoms. The van der Waals surface area contributed by atoms with Crippen LogP contribution in [0.3, 0.4) is 0 Å². The molecule has 0 saturated carbocycles. The number of pyridine rings is 2. The number of nitrogens with zero attached hydrogens (tertiary/aromatic N) is 2. The van der Waals surface area contributed by atoms with Crippen molar-refractivity contribution < 1.29 is 9.53 Å². The van der Waals surface area contributed by atoms with Gasteiger partial charge in [0.25, 0.3) is 0 Å². The SMILES string of the molecule is CC(C)(C)OC(=O)NCCSSc1ccccn1.NCCSSc1ccccn1. The molecule has 10 heteroatoms. The molecule has 160 valence electrons. The van der Waals surface area contributed by atoms with Crippen molar-refractivity contribution in [3.8, 4) is 0 Å². The Bertz CT molecular complexity index is 673. The number of carbonyl (C=O) groups is 1. The lowest BCUT2D eigenvalue weighted by Gasteiger charge is -2.19. The van der Waals surface area contributed by atoms with Crippen molar-refractivity contribution in [3.63, 3.8) is 0 Å². The quantitative estimate of drug-likeness (QED) is 0.381. The van der Waals surface area contributed by atoms with Crippen LogP contribution in [-0.2, 0) is 4.74 Å². The fourth-order valence-corrected chi connectivity index (χ4v) is 5.07. The molecule has 3 N–H and O–H groups in total. The van der Waals surface area contributed by atoms with Gasteiger partial charge in [0.05, 0.1) is 0 Å². The molecule has 0 aliphatic heterocycles. The molecule has 2 aromatic rings. The molecule has 6 nitrogen and oxygen atoms in total. The summed E-state index contributed by atoms with van der Waals surface area (Å²) in [5, 5.41) is 4.73. The highest BCUT2D eigenvalue weighted by Crippen LogP contribution is 2.28. The van der Waals surface area contributed by atoms with E-state index in [0.717, 1.165) is 28.1 Å². The average molecular weight is 473 g/mol. The standard InChI is InChI=1S/C12H18N2O2S2.C7H10N2S2/c1-12(2,3)16-11(15)14-8-9-17-18-10-6-4-5-7-13-10;8-4-6-10-11-7-3-1-2-5-9-7/h4-7H,8-9H2,1-3H3,(H,14,15);1-3,5H,4,6,8H2. The van der Waals surface area contributed by atoms with Crippen LogP contribution in [-0.4, -0.2) is 46.3 Å². The monoisotopic (exact) mass is 472 g/mol. The van der Waals surface area contributed by atoms with Gasteiger partial charge in [-0.15, -0.1) is 0 Å². The number of aromatic nitrogens is 2. The minimum Gasteiger partial charge on any atom is -0.444 e. The Balaban J connectivity index is 0.000000326. The highest BCUT2D eigenvalue weighted by atomic mass is 33.1. The summed E-state index contributed by atoms with van der Waals surface area (Å²) in [6.45, 7) is 6.85. The van der Waals surface area contributed by atoms with E-state index in [-0.39, 0.29) is 6.09 Å². The van der Waals surface area contributed by atoms with E-state index in [1.54, 1.807) is 55.6 Å². The van der Waals surface area contributed by atoms with E-state index in [0.29, 0.717) is 6.54 Å². The molecule has 2 heterocycles. The third-order valence-electron chi connectivity index (χ3n) is 2.62. The van der Waals surface area contributed by atoms with Gasteiger partial charge in [0.15, 0.2) is 0 Å². The second-order valence-corrected chi connectivity index (χ2v) is 11.2. The Hall–Kier alpha value is -1.07. The van der Waals surface area contributed by atoms with E-state index in [4.69, 9.17) is 10.5 Å². The second kappa shape index (κ2) is 15.7. The first kappa shape index (κ1) is 26.0. The maximum absolute atomic E-state index is 11.3. The summed E-state index contributed by atoms with van der Waals surface area (Å²) in [4.78, 5) is 19.7. The van der Waals surface area contributed by atoms with Crippen LogP contribution in [0.25, 0.3) is 0 Å². The predicted molar refractivity (Wildman–Crippen MR) is 128 cm³/mol. The summed E-state index contributed by atoms with van der Waals surface area (Å²) in [6, 6.07) is 11.7. The summed E-state index contributed by atoms with van der Waals surface area (Å²) >= 11 is 0. The van der Waals surface area contributed by atoms with Gasteiger partial charge < -0.3 is 15.8 Å². The van der Waals surface area contributed by atoms with E-state index in [9.17, 15) is 4.79 Å². The zero-order valence-corrected chi connectivity index (χ0v) is 20.1. The van der Waals surface area contributed by atoms with Crippen LogP contribution in [0.4, 0.5) is 4.79 Å². The number of hydrogen-bond acceptors (Lipinski definition) is 9. The summed E-state index contributed by atoms with van der Waals surface area (Å²) in [5.74, 6) is 1.78. The molecule has 0 unspecified atom stereocenters. The summed E-state index contributed by atoms with van der Waals surface area (Å²) in [5.41, 5.74) is 4.89. The predicted octanol–water partition coefficient (Wildman–Crippen LogP) is 5.13. The molecule has 0 spiro atoms. The van der Waals surface area contributed by atoms with E-state index < -0.39 is 5.60 Å². The zero-order chi connectivity index (χ0) is 21.4. The lowest BCUT2D eigenvalue weighted by Crippen LogP contribution is -2.33. The second-order valence-electron chi connectivity index (χ2n) is 6.36. The fourth-order valence-electron chi connectivity index (χ4n) is 1.55. The first-order chi connectivity index (χ1) is 13.9. The number of rotatable bonds is 9. The van der Waals surface area contributed by atoms with Gasteiger partial charge >= 0.3 is 6.09 Å². The summed E-state index contributed by atoms with van der Waals surface area (Å²) in [6.07, 6.45) is 3.19. The number of ether oxygens (including phenoxy) is 1. The Morgan fingerprint density at radius 2 is 1.55 bits per heavy atom. The van der Waals surface area contributed by atoms with Crippen molar-refractivity contribution in [3.05, 3.63) is 48.8 Å². The smallest absolute Gasteiger partial charge is 0.407 e. The first-order valence-corrected chi connectivity index (χ1v) is 13.6. The highest BCUT2D eigenvalue weighted by Gasteiger charge is 2.15. The van der Waals surface area contributed by atoms with Crippen molar-refractivity contribution in [2.45, 2.75) is 36.4 Å². The zero-order valence-electron chi connectivity index (χ0n) is 16.9. The van der Waals surface area contributed by atoms with Crippen LogP contribution in [0.2, 0.25) is 0 Å². The topological polar surface area (TPSA) is 90.1 Å². The molecule has 0 fully saturated rings. The largest absolute Gasteiger partial charge is 0.444 e. The molecule has 2 aromatic heterocycles. The Labute approximate surface area is 189 Å². The third kappa shape index (κ3) is 15.4. The molecule has 0 atom stereocenters. The molecule has 0 radical (unpaired) electrons. The van der Waals surface area contributed by atoms with Crippen molar-refractivity contribution in [1.82, 2.24) is 15.3 Å². The minimum absolute atomic E-state index is 0.370. The highest BCUT2D eigenvalue weighted by molar-refractivity contribution is 8.77. The van der Waals surface area contributed by atoms with Crippen LogP contribution < -0.4 is 11.1 Å². The molecule has 0 aromatic carbocycles. The lowest BCUT2D eigenvalue weighted by molar-refractivity contribution is 0.0531. The molecular weight excluding hydrogens is 445 g/mol. The molecule has 0 aliphatic carbocycles. The van der Waals surface area contributed by atoms with Crippen LogP contribution in [0, 0.1) is 0 Å². The lowest BCUT2D eigenvalue weighted by atomic mass is 10.2. The molecule has 1 amide bonds. The molecule has 0 saturated heterocycles. The van der Waals surface area contributed by atoms with Crippen LogP contribution >= 0.6 is 43.2 Å². The number of alkyl carbamates (subject to hydrolysis) is 1. The van der Waals surface area contributed by atoms with E-state index in [1.807, 2.05) is 57.2 Å². The van der Waals surface area contributed by atoms with Gasteiger partial charge in [0.2, 0.25) is 0 Å². The van der Waals surface area contributed by atoms with Crippen LogP contribution in [0.1, 0.15) is 20.8 Å². The number of nitrogens with two attached hydrogens (primary N) is 1. The maximum atomic E-state index is 11.3. The van der Waals surface area contributed by atoms with Gasteiger partial charge in [-0.2, -0.15) is 0 Å². The number of amides is 1. The first-order valence-electron chi connectivity index (χ1n) is 8.98. The fraction of sp³-hybridized carbons (Fsp3) is 0.421. The molecular formula is C19H28N4O2S4. The van der Waals surface area contributed by atoms with Gasteiger partial charge in [-0.05, 0) is 66.6 Å². The number of nitrogens with one attached hydrogen (secondary N) is 1. The van der Waals surface area contributed by atoms with Gasteiger partial charge in [-0.1, -0.05) is 33.7 Å². The van der Waals surface area contributed by atoms with Gasteiger partial charge in [0.1, 0.15) is 15.7 Å². The van der Waals surface area contributed by atoms with Crippen molar-refractivity contribution in [2.24, 2.45) is 5.73 Å². The van der Waals surface area contributed by atoms with Crippen molar-refractivity contribution >= 4 is 49.3 Å². The van der Waals surface area contributed by atoms with E-state index in [1.165, 1.54) is 0 Å². The maximum Gasteiger partial charge on any atom is 0.407 e. The summed E-state index contributed by atoms with van der Waals surface area (Å²) < 4.78 is 5.12. The number of carbonyl (C=O) groups excluding carboxylic acids is 1. The third-order valence-corrected chi connectivity index (χ3v) is 7.18. The van der Waals surface area contributed by atoms with Gasteiger partial charge in [-0.3, -0.25) is 0 Å². The van der Waals surface area contributed by atoms with Gasteiger partial charge in [0, 0.05) is 37.0 Å². The molecule has 0 aliphatic rings. The van der Waals surface area contributed by atoms with Crippen molar-refractivity contribution in [2.75, 3.05) is 24.6 Å². The van der Waals surface area contributed by atoms with Crippen molar-refractivity contribution in [1.29, 1.82) is 0 Å². The minimum atomic E-state index is -0.445. The normalized spacial score (nSPS) is 10.6. The summed E-state index contributed by atoms with van der Waals surface area (Å²) in [7, 11) is 6.65. The van der Waals surface area contributed by atoms with Crippen LogP contribution in [0.5, 0.6) is 0 Å². The Morgan fingerprint density at radius 1 is 1.00 bits per heavy atom. The number of hydrogen-bond donors (Lipinski definition) is 2. The van der Waals surface area contributed by atoms with Gasteiger partial charge in [-0.25, -0.2) is 14.8 Å².